The SMILES string of the molecule is CC(C)Cc1ccc(C(=O)O)c(=O)n1Cc1ccc(-c2ccccc2C#N)cc1. The lowest BCUT2D eigenvalue weighted by Crippen LogP contribution is -2.29. The highest BCUT2D eigenvalue weighted by atomic mass is 16.4. The number of carbonyl (C=O) groups is 1. The Hall–Kier alpha value is -3.65. The lowest BCUT2D eigenvalue weighted by Gasteiger charge is -2.16. The molecular formula is C24H22N2O3. The average Bonchev–Trinajstić information content (AvgIpc) is 2.70. The summed E-state index contributed by atoms with van der Waals surface area (Å²) in [6, 6.07) is 20.3. The molecule has 3 rings (SSSR count). The Kier molecular flexibility index (Phi) is 5.94. The minimum absolute atomic E-state index is 0.225. The number of rotatable bonds is 6. The minimum atomic E-state index is -1.22. The van der Waals surface area contributed by atoms with Crippen molar-refractivity contribution in [3.05, 3.63) is 93.4 Å². The number of aromatic nitrogens is 1. The zero-order chi connectivity index (χ0) is 21.0. The Morgan fingerprint density at radius 3 is 2.38 bits per heavy atom. The van der Waals surface area contributed by atoms with Gasteiger partial charge in [-0.05, 0) is 47.2 Å². The van der Waals surface area contributed by atoms with Gasteiger partial charge >= 0.3 is 5.97 Å². The van der Waals surface area contributed by atoms with E-state index >= 15 is 0 Å². The summed E-state index contributed by atoms with van der Waals surface area (Å²) in [5.74, 6) is -0.885. The molecule has 0 spiro atoms. The number of hydrogen-bond acceptors (Lipinski definition) is 3. The number of benzene rings is 2. The maximum absolute atomic E-state index is 12.7. The molecule has 0 aliphatic carbocycles. The first kappa shape index (κ1) is 20.1. The maximum Gasteiger partial charge on any atom is 0.341 e. The first-order chi connectivity index (χ1) is 13.9. The van der Waals surface area contributed by atoms with Gasteiger partial charge in [0.1, 0.15) is 5.56 Å². The Morgan fingerprint density at radius 2 is 1.76 bits per heavy atom. The number of aromatic carboxylic acids is 1. The van der Waals surface area contributed by atoms with E-state index in [1.165, 1.54) is 6.07 Å². The number of nitriles is 1. The van der Waals surface area contributed by atoms with Crippen LogP contribution in [0.1, 0.15) is 41.0 Å². The molecule has 0 fully saturated rings. The van der Waals surface area contributed by atoms with Crippen molar-refractivity contribution in [1.29, 1.82) is 5.26 Å². The normalized spacial score (nSPS) is 10.7. The molecule has 0 saturated carbocycles. The van der Waals surface area contributed by atoms with E-state index in [1.807, 2.05) is 42.5 Å². The maximum atomic E-state index is 12.7. The van der Waals surface area contributed by atoms with E-state index in [0.29, 0.717) is 24.4 Å². The van der Waals surface area contributed by atoms with Crippen LogP contribution >= 0.6 is 0 Å². The summed E-state index contributed by atoms with van der Waals surface area (Å²) in [6.45, 7) is 4.41. The molecule has 0 aliphatic heterocycles. The summed E-state index contributed by atoms with van der Waals surface area (Å²) in [5, 5.41) is 18.6. The van der Waals surface area contributed by atoms with Crippen LogP contribution in [0.5, 0.6) is 0 Å². The molecule has 146 valence electrons. The van der Waals surface area contributed by atoms with Crippen LogP contribution in [-0.2, 0) is 13.0 Å². The van der Waals surface area contributed by atoms with E-state index in [1.54, 1.807) is 16.7 Å². The van der Waals surface area contributed by atoms with Gasteiger partial charge < -0.3 is 9.67 Å². The second-order valence-corrected chi connectivity index (χ2v) is 7.39. The Morgan fingerprint density at radius 1 is 1.07 bits per heavy atom. The molecule has 5 heteroatoms. The number of carboxylic acid groups (broad SMARTS) is 1. The van der Waals surface area contributed by atoms with Crippen molar-refractivity contribution in [2.24, 2.45) is 5.92 Å². The smallest absolute Gasteiger partial charge is 0.341 e. The van der Waals surface area contributed by atoms with Crippen molar-refractivity contribution in [3.8, 4) is 17.2 Å². The summed E-state index contributed by atoms with van der Waals surface area (Å²) in [6.07, 6.45) is 0.683. The van der Waals surface area contributed by atoms with Gasteiger partial charge in [-0.3, -0.25) is 4.79 Å². The average molecular weight is 386 g/mol. The van der Waals surface area contributed by atoms with Crippen LogP contribution in [0.4, 0.5) is 0 Å². The van der Waals surface area contributed by atoms with Gasteiger partial charge in [0.25, 0.3) is 5.56 Å². The van der Waals surface area contributed by atoms with E-state index in [9.17, 15) is 20.0 Å². The molecule has 0 radical (unpaired) electrons. The van der Waals surface area contributed by atoms with Crippen LogP contribution in [0.15, 0.2) is 65.5 Å². The third kappa shape index (κ3) is 4.44. The highest BCUT2D eigenvalue weighted by Crippen LogP contribution is 2.23. The number of pyridine rings is 1. The molecular weight excluding hydrogens is 364 g/mol. The van der Waals surface area contributed by atoms with Crippen LogP contribution in [0.3, 0.4) is 0 Å². The van der Waals surface area contributed by atoms with Gasteiger partial charge in [0.2, 0.25) is 0 Å². The van der Waals surface area contributed by atoms with Crippen LogP contribution in [0, 0.1) is 17.2 Å². The summed E-state index contributed by atoms with van der Waals surface area (Å²) < 4.78 is 1.54. The molecule has 0 aliphatic rings. The predicted molar refractivity (Wildman–Crippen MR) is 112 cm³/mol. The van der Waals surface area contributed by atoms with E-state index in [4.69, 9.17) is 0 Å². The second-order valence-electron chi connectivity index (χ2n) is 7.39. The van der Waals surface area contributed by atoms with E-state index in [0.717, 1.165) is 22.4 Å². The van der Waals surface area contributed by atoms with Crippen LogP contribution in [0.2, 0.25) is 0 Å². The zero-order valence-electron chi connectivity index (χ0n) is 16.4. The Bertz CT molecular complexity index is 1140. The molecule has 0 unspecified atom stereocenters. The van der Waals surface area contributed by atoms with Crippen molar-refractivity contribution < 1.29 is 9.90 Å². The van der Waals surface area contributed by atoms with E-state index in [-0.39, 0.29) is 5.56 Å². The van der Waals surface area contributed by atoms with E-state index in [2.05, 4.69) is 19.9 Å². The summed E-state index contributed by atoms with van der Waals surface area (Å²) in [5.41, 5.74) is 3.36. The topological polar surface area (TPSA) is 83.1 Å². The van der Waals surface area contributed by atoms with Crippen molar-refractivity contribution in [2.45, 2.75) is 26.8 Å². The first-order valence-electron chi connectivity index (χ1n) is 9.45. The van der Waals surface area contributed by atoms with Gasteiger partial charge in [-0.1, -0.05) is 56.3 Å². The van der Waals surface area contributed by atoms with Gasteiger partial charge in [-0.2, -0.15) is 5.26 Å². The molecule has 0 amide bonds. The standard InChI is InChI=1S/C24H22N2O3/c1-16(2)13-20-11-12-22(24(28)29)23(27)26(20)15-17-7-9-18(10-8-17)21-6-4-3-5-19(21)14-25/h3-12,16H,13,15H2,1-2H3,(H,28,29). The molecule has 0 atom stereocenters. The molecule has 29 heavy (non-hydrogen) atoms. The number of hydrogen-bond donors (Lipinski definition) is 1. The van der Waals surface area contributed by atoms with Gasteiger partial charge in [-0.15, -0.1) is 0 Å². The Balaban J connectivity index is 1.97. The van der Waals surface area contributed by atoms with Crippen molar-refractivity contribution in [3.63, 3.8) is 0 Å². The predicted octanol–water partition coefficient (Wildman–Crippen LogP) is 4.33. The van der Waals surface area contributed by atoms with E-state index < -0.39 is 11.5 Å². The summed E-state index contributed by atoms with van der Waals surface area (Å²) in [7, 11) is 0. The van der Waals surface area contributed by atoms with Gasteiger partial charge in [0, 0.05) is 5.69 Å². The number of nitrogens with zero attached hydrogens (tertiary/aromatic N) is 2. The highest BCUT2D eigenvalue weighted by molar-refractivity contribution is 5.87. The largest absolute Gasteiger partial charge is 0.477 e. The molecule has 1 aromatic heterocycles. The molecule has 1 heterocycles. The number of carboxylic acids is 1. The summed E-state index contributed by atoms with van der Waals surface area (Å²) in [4.78, 5) is 24.1. The van der Waals surface area contributed by atoms with Crippen LogP contribution in [-0.4, -0.2) is 15.6 Å². The monoisotopic (exact) mass is 386 g/mol. The van der Waals surface area contributed by atoms with Gasteiger partial charge in [0.15, 0.2) is 0 Å². The van der Waals surface area contributed by atoms with Gasteiger partial charge in [0.05, 0.1) is 18.2 Å². The van der Waals surface area contributed by atoms with Crippen LogP contribution < -0.4 is 5.56 Å². The molecule has 0 saturated heterocycles. The third-order valence-corrected chi connectivity index (χ3v) is 4.77. The fourth-order valence-electron chi connectivity index (χ4n) is 3.35. The molecule has 5 nitrogen and oxygen atoms in total. The fourth-order valence-corrected chi connectivity index (χ4v) is 3.35. The lowest BCUT2D eigenvalue weighted by molar-refractivity contribution is 0.0694. The van der Waals surface area contributed by atoms with Crippen molar-refractivity contribution >= 4 is 5.97 Å². The van der Waals surface area contributed by atoms with Crippen LogP contribution in [0.25, 0.3) is 11.1 Å². The third-order valence-electron chi connectivity index (χ3n) is 4.77. The fraction of sp³-hybridized carbons (Fsp3) is 0.208. The molecule has 2 aromatic carbocycles. The second kappa shape index (κ2) is 8.57. The summed E-state index contributed by atoms with van der Waals surface area (Å²) >= 11 is 0. The minimum Gasteiger partial charge on any atom is -0.477 e. The lowest BCUT2D eigenvalue weighted by atomic mass is 9.99. The van der Waals surface area contributed by atoms with Crippen molar-refractivity contribution in [2.75, 3.05) is 0 Å². The zero-order valence-corrected chi connectivity index (χ0v) is 16.4. The highest BCUT2D eigenvalue weighted by Gasteiger charge is 2.15. The quantitative estimate of drug-likeness (QED) is 0.683. The Labute approximate surface area is 169 Å². The molecule has 0 bridgehead atoms. The van der Waals surface area contributed by atoms with Crippen molar-refractivity contribution in [1.82, 2.24) is 4.57 Å². The van der Waals surface area contributed by atoms with Gasteiger partial charge in [-0.25, -0.2) is 4.79 Å². The first-order valence-corrected chi connectivity index (χ1v) is 9.45. The molecule has 3 aromatic rings. The molecule has 1 N–H and O–H groups in total.